The SMILES string of the molecule is CCCC(C)(C)C(=O)NCCC(C)(C)O. The molecule has 0 atom stereocenters. The molecule has 0 aromatic rings. The Morgan fingerprint density at radius 1 is 1.20 bits per heavy atom. The summed E-state index contributed by atoms with van der Waals surface area (Å²) in [4.78, 5) is 11.7. The van der Waals surface area contributed by atoms with Crippen LogP contribution in [0.2, 0.25) is 0 Å². The molecule has 15 heavy (non-hydrogen) atoms. The number of rotatable bonds is 6. The Balaban J connectivity index is 3.94. The zero-order valence-corrected chi connectivity index (χ0v) is 10.7. The van der Waals surface area contributed by atoms with E-state index in [-0.39, 0.29) is 11.3 Å². The van der Waals surface area contributed by atoms with Crippen LogP contribution < -0.4 is 5.32 Å². The minimum atomic E-state index is -0.706. The van der Waals surface area contributed by atoms with Crippen LogP contribution in [0.15, 0.2) is 0 Å². The lowest BCUT2D eigenvalue weighted by Crippen LogP contribution is -2.39. The van der Waals surface area contributed by atoms with Crippen LogP contribution in [0.4, 0.5) is 0 Å². The smallest absolute Gasteiger partial charge is 0.225 e. The first-order valence-electron chi connectivity index (χ1n) is 5.70. The zero-order chi connectivity index (χ0) is 12.1. The number of aliphatic hydroxyl groups is 1. The molecule has 0 aromatic heterocycles. The van der Waals surface area contributed by atoms with E-state index in [2.05, 4.69) is 12.2 Å². The molecule has 0 fully saturated rings. The highest BCUT2D eigenvalue weighted by atomic mass is 16.3. The van der Waals surface area contributed by atoms with Crippen LogP contribution in [0.1, 0.15) is 53.9 Å². The van der Waals surface area contributed by atoms with Crippen LogP contribution in [-0.4, -0.2) is 23.2 Å². The second-order valence-electron chi connectivity index (χ2n) is 5.45. The van der Waals surface area contributed by atoms with Crippen LogP contribution in [0.3, 0.4) is 0 Å². The highest BCUT2D eigenvalue weighted by Crippen LogP contribution is 2.22. The average molecular weight is 215 g/mol. The molecular weight excluding hydrogens is 190 g/mol. The molecule has 0 saturated carbocycles. The van der Waals surface area contributed by atoms with Crippen molar-refractivity contribution in [3.05, 3.63) is 0 Å². The van der Waals surface area contributed by atoms with Gasteiger partial charge in [-0.25, -0.2) is 0 Å². The summed E-state index contributed by atoms with van der Waals surface area (Å²) in [5.41, 5.74) is -1.00. The topological polar surface area (TPSA) is 49.3 Å². The van der Waals surface area contributed by atoms with Crippen molar-refractivity contribution < 1.29 is 9.90 Å². The molecule has 0 heterocycles. The van der Waals surface area contributed by atoms with Gasteiger partial charge >= 0.3 is 0 Å². The van der Waals surface area contributed by atoms with Crippen molar-refractivity contribution in [2.45, 2.75) is 59.5 Å². The van der Waals surface area contributed by atoms with Gasteiger partial charge in [0.15, 0.2) is 0 Å². The predicted octanol–water partition coefficient (Wildman–Crippen LogP) is 2.09. The normalized spacial score (nSPS) is 12.7. The zero-order valence-electron chi connectivity index (χ0n) is 10.7. The van der Waals surface area contributed by atoms with Gasteiger partial charge in [0, 0.05) is 12.0 Å². The Bertz CT molecular complexity index is 204. The van der Waals surface area contributed by atoms with Gasteiger partial charge in [0.05, 0.1) is 5.60 Å². The second-order valence-corrected chi connectivity index (χ2v) is 5.45. The first-order chi connectivity index (χ1) is 6.69. The largest absolute Gasteiger partial charge is 0.390 e. The molecule has 0 bridgehead atoms. The summed E-state index contributed by atoms with van der Waals surface area (Å²) in [7, 11) is 0. The molecule has 0 saturated heterocycles. The minimum Gasteiger partial charge on any atom is -0.390 e. The first kappa shape index (κ1) is 14.4. The molecule has 0 aliphatic heterocycles. The van der Waals surface area contributed by atoms with Gasteiger partial charge in [-0.15, -0.1) is 0 Å². The number of amides is 1. The molecule has 0 unspecified atom stereocenters. The van der Waals surface area contributed by atoms with Gasteiger partial charge in [0.1, 0.15) is 0 Å². The van der Waals surface area contributed by atoms with E-state index in [4.69, 9.17) is 0 Å². The van der Waals surface area contributed by atoms with Crippen molar-refractivity contribution in [1.29, 1.82) is 0 Å². The summed E-state index contributed by atoms with van der Waals surface area (Å²) in [5.74, 6) is 0.0774. The molecule has 3 heteroatoms. The van der Waals surface area contributed by atoms with E-state index in [1.54, 1.807) is 13.8 Å². The van der Waals surface area contributed by atoms with Crippen LogP contribution in [0, 0.1) is 5.41 Å². The van der Waals surface area contributed by atoms with E-state index < -0.39 is 5.60 Å². The number of carbonyl (C=O) groups is 1. The molecule has 0 aliphatic rings. The van der Waals surface area contributed by atoms with E-state index in [1.165, 1.54) is 0 Å². The highest BCUT2D eigenvalue weighted by Gasteiger charge is 2.26. The lowest BCUT2D eigenvalue weighted by molar-refractivity contribution is -0.129. The number of nitrogens with one attached hydrogen (secondary N) is 1. The lowest BCUT2D eigenvalue weighted by atomic mass is 9.87. The van der Waals surface area contributed by atoms with E-state index in [0.717, 1.165) is 12.8 Å². The number of carbonyl (C=O) groups excluding carboxylic acids is 1. The third-order valence-corrected chi connectivity index (χ3v) is 2.51. The summed E-state index contributed by atoms with van der Waals surface area (Å²) >= 11 is 0. The molecule has 0 aromatic carbocycles. The Morgan fingerprint density at radius 2 is 1.73 bits per heavy atom. The van der Waals surface area contributed by atoms with Gasteiger partial charge in [0.2, 0.25) is 5.91 Å². The van der Waals surface area contributed by atoms with Gasteiger partial charge in [0.25, 0.3) is 0 Å². The Kier molecular flexibility index (Phi) is 5.29. The molecule has 0 radical (unpaired) electrons. The van der Waals surface area contributed by atoms with Crippen molar-refractivity contribution in [3.63, 3.8) is 0 Å². The maximum atomic E-state index is 11.7. The maximum absolute atomic E-state index is 11.7. The van der Waals surface area contributed by atoms with Crippen molar-refractivity contribution in [2.75, 3.05) is 6.54 Å². The molecule has 0 spiro atoms. The molecule has 2 N–H and O–H groups in total. The van der Waals surface area contributed by atoms with Crippen LogP contribution >= 0.6 is 0 Å². The molecule has 1 amide bonds. The third-order valence-electron chi connectivity index (χ3n) is 2.51. The van der Waals surface area contributed by atoms with Crippen LogP contribution in [-0.2, 0) is 4.79 Å². The van der Waals surface area contributed by atoms with Crippen molar-refractivity contribution in [1.82, 2.24) is 5.32 Å². The van der Waals surface area contributed by atoms with E-state index in [9.17, 15) is 9.90 Å². The maximum Gasteiger partial charge on any atom is 0.225 e. The fourth-order valence-corrected chi connectivity index (χ4v) is 1.46. The molecule has 0 rings (SSSR count). The summed E-state index contributed by atoms with van der Waals surface area (Å²) in [6.07, 6.45) is 2.48. The number of hydrogen-bond acceptors (Lipinski definition) is 2. The summed E-state index contributed by atoms with van der Waals surface area (Å²) in [6, 6.07) is 0. The van der Waals surface area contributed by atoms with E-state index in [0.29, 0.717) is 13.0 Å². The quantitative estimate of drug-likeness (QED) is 0.713. The molecule has 90 valence electrons. The van der Waals surface area contributed by atoms with Crippen molar-refractivity contribution >= 4 is 5.91 Å². The van der Waals surface area contributed by atoms with Gasteiger partial charge in [-0.1, -0.05) is 27.2 Å². The predicted molar refractivity (Wildman–Crippen MR) is 62.6 cm³/mol. The number of hydrogen-bond donors (Lipinski definition) is 2. The minimum absolute atomic E-state index is 0.0774. The van der Waals surface area contributed by atoms with Gasteiger partial charge in [-0.05, 0) is 26.7 Å². The Hall–Kier alpha value is -0.570. The van der Waals surface area contributed by atoms with E-state index >= 15 is 0 Å². The average Bonchev–Trinajstić information content (AvgIpc) is 2.01. The molecule has 0 aliphatic carbocycles. The van der Waals surface area contributed by atoms with Crippen LogP contribution in [0.5, 0.6) is 0 Å². The third kappa shape index (κ3) is 6.50. The molecular formula is C12H25NO2. The summed E-state index contributed by atoms with van der Waals surface area (Å²) in [5, 5.41) is 12.4. The Labute approximate surface area is 93.3 Å². The van der Waals surface area contributed by atoms with Crippen LogP contribution in [0.25, 0.3) is 0 Å². The summed E-state index contributed by atoms with van der Waals surface area (Å²) < 4.78 is 0. The monoisotopic (exact) mass is 215 g/mol. The lowest BCUT2D eigenvalue weighted by Gasteiger charge is -2.24. The highest BCUT2D eigenvalue weighted by molar-refractivity contribution is 5.81. The molecule has 3 nitrogen and oxygen atoms in total. The van der Waals surface area contributed by atoms with Crippen molar-refractivity contribution in [2.24, 2.45) is 5.41 Å². The van der Waals surface area contributed by atoms with Gasteiger partial charge in [-0.2, -0.15) is 0 Å². The second kappa shape index (κ2) is 5.50. The fourth-order valence-electron chi connectivity index (χ4n) is 1.46. The first-order valence-corrected chi connectivity index (χ1v) is 5.70. The van der Waals surface area contributed by atoms with Crippen molar-refractivity contribution in [3.8, 4) is 0 Å². The van der Waals surface area contributed by atoms with E-state index in [1.807, 2.05) is 13.8 Å². The standard InChI is InChI=1S/C12H25NO2/c1-6-7-11(2,3)10(14)13-9-8-12(4,5)15/h15H,6-9H2,1-5H3,(H,13,14). The van der Waals surface area contributed by atoms with Gasteiger partial charge in [-0.3, -0.25) is 4.79 Å². The van der Waals surface area contributed by atoms with Gasteiger partial charge < -0.3 is 10.4 Å². The fraction of sp³-hybridized carbons (Fsp3) is 0.917. The Morgan fingerprint density at radius 3 is 2.13 bits per heavy atom. The summed E-state index contributed by atoms with van der Waals surface area (Å²) in [6.45, 7) is 10.0.